The number of rotatable bonds is 8. The maximum atomic E-state index is 15.0. The van der Waals surface area contributed by atoms with Crippen LogP contribution in [0, 0.1) is 46.3 Å². The molecule has 11 unspecified atom stereocenters. The molecule has 0 heterocycles. The predicted octanol–water partition coefficient (Wildman–Crippen LogP) is 2.94. The summed E-state index contributed by atoms with van der Waals surface area (Å²) in [5.74, 6) is -8.48. The van der Waals surface area contributed by atoms with Gasteiger partial charge in [0, 0.05) is 33.1 Å². The zero-order valence-corrected chi connectivity index (χ0v) is 28.0. The Hall–Kier alpha value is -3.02. The lowest BCUT2D eigenvalue weighted by Crippen LogP contribution is -2.66. The van der Waals surface area contributed by atoms with Crippen molar-refractivity contribution < 1.29 is 57.6 Å². The molecule has 11 atom stereocenters. The average molecular weight is 637 g/mol. The van der Waals surface area contributed by atoms with Gasteiger partial charge >= 0.3 is 29.8 Å². The highest BCUT2D eigenvalue weighted by Gasteiger charge is 2.84. The summed E-state index contributed by atoms with van der Waals surface area (Å²) >= 11 is 0. The molecule has 0 amide bonds. The summed E-state index contributed by atoms with van der Waals surface area (Å²) < 4.78 is 30.0. The molecule has 4 aliphatic carbocycles. The fourth-order valence-corrected chi connectivity index (χ4v) is 9.17. The second-order valence-electron chi connectivity index (χ2n) is 14.6. The highest BCUT2D eigenvalue weighted by Crippen LogP contribution is 2.76. The van der Waals surface area contributed by atoms with Crippen LogP contribution < -0.4 is 0 Å². The van der Waals surface area contributed by atoms with Crippen LogP contribution in [-0.2, 0) is 52.5 Å². The number of carbonyl (C=O) groups is 6. The van der Waals surface area contributed by atoms with Gasteiger partial charge in [0.1, 0.15) is 30.5 Å². The van der Waals surface area contributed by atoms with Crippen molar-refractivity contribution in [1.82, 2.24) is 0 Å². The van der Waals surface area contributed by atoms with Gasteiger partial charge in [-0.3, -0.25) is 28.8 Å². The topological polar surface area (TPSA) is 169 Å². The van der Waals surface area contributed by atoms with Crippen molar-refractivity contribution in [1.29, 1.82) is 0 Å². The van der Waals surface area contributed by atoms with E-state index in [-0.39, 0.29) is 31.1 Å². The maximum absolute atomic E-state index is 15.0. The second-order valence-corrected chi connectivity index (χ2v) is 14.6. The summed E-state index contributed by atoms with van der Waals surface area (Å²) in [7, 11) is 0. The molecule has 4 rings (SSSR count). The van der Waals surface area contributed by atoms with E-state index in [1.165, 1.54) is 20.8 Å². The molecule has 12 nitrogen and oxygen atoms in total. The first-order valence-corrected chi connectivity index (χ1v) is 15.9. The molecule has 0 radical (unpaired) electrons. The fourth-order valence-electron chi connectivity index (χ4n) is 9.17. The van der Waals surface area contributed by atoms with Gasteiger partial charge in [-0.05, 0) is 42.9 Å². The molecule has 252 valence electrons. The van der Waals surface area contributed by atoms with Gasteiger partial charge in [0.15, 0.2) is 5.60 Å². The zero-order valence-electron chi connectivity index (χ0n) is 28.0. The number of fused-ring (bicyclic) bond motifs is 4. The Morgan fingerprint density at radius 1 is 0.933 bits per heavy atom. The summed E-state index contributed by atoms with van der Waals surface area (Å²) in [5, 5.41) is 12.7. The number of hydrogen-bond donors (Lipinski definition) is 1. The fraction of sp³-hybridized carbons (Fsp3) is 0.818. The minimum atomic E-state index is -2.32. The van der Waals surface area contributed by atoms with E-state index in [0.717, 1.165) is 6.92 Å². The molecular formula is C33H48O12. The number of ketones is 1. The Morgan fingerprint density at radius 2 is 1.56 bits per heavy atom. The molecule has 0 spiro atoms. The Bertz CT molecular complexity index is 1270. The molecule has 0 aromatic rings. The van der Waals surface area contributed by atoms with Gasteiger partial charge < -0.3 is 28.8 Å². The number of aliphatic hydroxyl groups is 1. The van der Waals surface area contributed by atoms with E-state index in [1.807, 2.05) is 13.8 Å². The number of hydrogen-bond acceptors (Lipinski definition) is 12. The van der Waals surface area contributed by atoms with E-state index >= 15 is 4.79 Å². The first-order chi connectivity index (χ1) is 20.7. The van der Waals surface area contributed by atoms with Crippen molar-refractivity contribution in [2.45, 2.75) is 118 Å². The highest BCUT2D eigenvalue weighted by atomic mass is 16.6. The molecule has 1 N–H and O–H groups in total. The molecular weight excluding hydrogens is 588 g/mol. The minimum Gasteiger partial charge on any atom is -0.465 e. The Morgan fingerprint density at radius 3 is 2.07 bits per heavy atom. The third-order valence-corrected chi connectivity index (χ3v) is 11.0. The molecule has 0 aromatic heterocycles. The van der Waals surface area contributed by atoms with Crippen molar-refractivity contribution in [3.8, 4) is 0 Å². The largest absolute Gasteiger partial charge is 0.465 e. The molecule has 4 saturated carbocycles. The maximum Gasteiger partial charge on any atom is 0.308 e. The normalized spacial score (nSPS) is 41.0. The van der Waals surface area contributed by atoms with Gasteiger partial charge in [0.2, 0.25) is 5.78 Å². The van der Waals surface area contributed by atoms with Crippen molar-refractivity contribution in [3.05, 3.63) is 0 Å². The van der Waals surface area contributed by atoms with Crippen LogP contribution in [0.4, 0.5) is 0 Å². The van der Waals surface area contributed by atoms with Gasteiger partial charge in [-0.2, -0.15) is 0 Å². The quantitative estimate of drug-likeness (QED) is 0.306. The molecule has 0 bridgehead atoms. The lowest BCUT2D eigenvalue weighted by molar-refractivity contribution is -0.240. The summed E-state index contributed by atoms with van der Waals surface area (Å²) in [6, 6.07) is 0. The van der Waals surface area contributed by atoms with Gasteiger partial charge in [0.05, 0.1) is 17.3 Å². The lowest BCUT2D eigenvalue weighted by atomic mass is 9.55. The monoisotopic (exact) mass is 636 g/mol. The van der Waals surface area contributed by atoms with Crippen LogP contribution in [0.5, 0.6) is 0 Å². The van der Waals surface area contributed by atoms with E-state index in [4.69, 9.17) is 23.7 Å². The molecule has 45 heavy (non-hydrogen) atoms. The minimum absolute atomic E-state index is 0.000835. The van der Waals surface area contributed by atoms with Crippen molar-refractivity contribution in [2.24, 2.45) is 46.3 Å². The van der Waals surface area contributed by atoms with Gasteiger partial charge in [-0.1, -0.05) is 41.5 Å². The molecule has 4 fully saturated rings. The van der Waals surface area contributed by atoms with E-state index in [2.05, 4.69) is 0 Å². The van der Waals surface area contributed by atoms with Gasteiger partial charge in [0.25, 0.3) is 0 Å². The Labute approximate surface area is 264 Å². The predicted molar refractivity (Wildman–Crippen MR) is 156 cm³/mol. The van der Waals surface area contributed by atoms with Crippen LogP contribution in [0.3, 0.4) is 0 Å². The lowest BCUT2D eigenvalue weighted by Gasteiger charge is -2.55. The van der Waals surface area contributed by atoms with Gasteiger partial charge in [-0.25, -0.2) is 0 Å². The SMILES string of the molecule is CCC(=O)OC1C(C)CC2(O)C(=O)C(C)(OC(C)=O)C3C4C(CC(OC(C)=O)C3(COC(C)=O)C(OC(=O)C(C)C)C12)C4(C)C. The van der Waals surface area contributed by atoms with Crippen molar-refractivity contribution in [3.63, 3.8) is 0 Å². The standard InChI is InChI=1S/C33H48O12/c1-11-22(37)43-25-16(4)13-33(40)24(25)27(44-28(38)15(2)3)32(14-41-17(5)34)21(42-18(6)35)12-20-23(30(20,8)9)26(32)31(10,29(33)39)45-19(7)36/h15-16,20-21,23-27,40H,11-14H2,1-10H3. The van der Waals surface area contributed by atoms with E-state index in [1.54, 1.807) is 27.7 Å². The summed E-state index contributed by atoms with van der Waals surface area (Å²) in [6.45, 7) is 15.0. The van der Waals surface area contributed by atoms with Crippen LogP contribution in [0.1, 0.15) is 88.5 Å². The van der Waals surface area contributed by atoms with Gasteiger partial charge in [-0.15, -0.1) is 0 Å². The molecule has 12 heteroatoms. The molecule has 0 aromatic carbocycles. The van der Waals surface area contributed by atoms with Crippen molar-refractivity contribution >= 4 is 35.6 Å². The zero-order chi connectivity index (χ0) is 34.0. The van der Waals surface area contributed by atoms with Crippen molar-refractivity contribution in [2.75, 3.05) is 6.61 Å². The van der Waals surface area contributed by atoms with E-state index in [9.17, 15) is 29.1 Å². The third-order valence-electron chi connectivity index (χ3n) is 11.0. The first-order valence-electron chi connectivity index (χ1n) is 15.9. The molecule has 4 aliphatic rings. The summed E-state index contributed by atoms with van der Waals surface area (Å²) in [4.78, 5) is 79.5. The average Bonchev–Trinajstić information content (AvgIpc) is 3.36. The van der Waals surface area contributed by atoms with Crippen LogP contribution in [0.15, 0.2) is 0 Å². The second kappa shape index (κ2) is 11.7. The Kier molecular flexibility index (Phi) is 9.02. The number of ether oxygens (including phenoxy) is 5. The number of Topliss-reactive ketones (excluding diaryl/α,β-unsaturated/α-hetero) is 1. The van der Waals surface area contributed by atoms with Crippen LogP contribution in [0.2, 0.25) is 0 Å². The smallest absolute Gasteiger partial charge is 0.308 e. The highest BCUT2D eigenvalue weighted by molar-refractivity contribution is 5.98. The molecule has 0 aliphatic heterocycles. The number of esters is 5. The number of carbonyl (C=O) groups excluding carboxylic acids is 6. The Balaban J connectivity index is 2.17. The van der Waals surface area contributed by atoms with E-state index < -0.39 is 106 Å². The third kappa shape index (κ3) is 5.44. The van der Waals surface area contributed by atoms with Crippen LogP contribution >= 0.6 is 0 Å². The summed E-state index contributed by atoms with van der Waals surface area (Å²) in [6.07, 6.45) is -3.67. The van der Waals surface area contributed by atoms with Crippen LogP contribution in [-0.4, -0.2) is 76.9 Å². The van der Waals surface area contributed by atoms with Crippen LogP contribution in [0.25, 0.3) is 0 Å². The summed E-state index contributed by atoms with van der Waals surface area (Å²) in [5.41, 5.74) is -6.57. The first kappa shape index (κ1) is 34.8. The van der Waals surface area contributed by atoms with E-state index in [0.29, 0.717) is 0 Å². The molecule has 0 saturated heterocycles.